The molecule has 0 saturated carbocycles. The Morgan fingerprint density at radius 1 is 1.37 bits per heavy atom. The number of carbonyl (C=O) groups is 2. The van der Waals surface area contributed by atoms with E-state index in [9.17, 15) is 22.8 Å². The number of esters is 1. The summed E-state index contributed by atoms with van der Waals surface area (Å²) >= 11 is 0. The summed E-state index contributed by atoms with van der Waals surface area (Å²) in [6.07, 6.45) is 0.560. The molecule has 1 amide bonds. The number of rotatable bonds is 4. The van der Waals surface area contributed by atoms with E-state index >= 15 is 0 Å². The first-order valence-corrected chi connectivity index (χ1v) is 8.48. The highest BCUT2D eigenvalue weighted by molar-refractivity contribution is 6.05. The van der Waals surface area contributed by atoms with Crippen molar-refractivity contribution in [2.24, 2.45) is 0 Å². The molecule has 2 saturated heterocycles. The fourth-order valence-electron chi connectivity index (χ4n) is 3.67. The van der Waals surface area contributed by atoms with Crippen LogP contribution in [0.1, 0.15) is 40.1 Å². The maximum Gasteiger partial charge on any atom is 0.422 e. The van der Waals surface area contributed by atoms with Crippen LogP contribution in [0.3, 0.4) is 0 Å². The summed E-state index contributed by atoms with van der Waals surface area (Å²) in [5, 5.41) is 6.50. The number of ether oxygens (including phenoxy) is 1. The van der Waals surface area contributed by atoms with Crippen molar-refractivity contribution in [2.75, 3.05) is 6.61 Å². The molecule has 2 fully saturated rings. The minimum Gasteiger partial charge on any atom is -0.462 e. The second-order valence-electron chi connectivity index (χ2n) is 6.77. The van der Waals surface area contributed by atoms with Crippen LogP contribution in [0.15, 0.2) is 22.9 Å². The van der Waals surface area contributed by atoms with Crippen LogP contribution in [0, 0.1) is 0 Å². The van der Waals surface area contributed by atoms with Crippen LogP contribution in [0.25, 0.3) is 11.0 Å². The number of amides is 1. The zero-order chi connectivity index (χ0) is 19.2. The molecule has 0 aliphatic carbocycles. The molecule has 2 aromatic rings. The molecule has 10 heteroatoms. The predicted octanol–water partition coefficient (Wildman–Crippen LogP) is 2.17. The van der Waals surface area contributed by atoms with E-state index in [0.717, 1.165) is 25.5 Å². The Balaban J connectivity index is 1.51. The Labute approximate surface area is 151 Å². The number of aromatic nitrogens is 1. The van der Waals surface area contributed by atoms with E-state index in [-0.39, 0.29) is 34.3 Å². The molecule has 0 unspecified atom stereocenters. The highest BCUT2D eigenvalue weighted by atomic mass is 19.4. The molecule has 144 valence electrons. The normalized spacial score (nSPS) is 24.3. The summed E-state index contributed by atoms with van der Waals surface area (Å²) in [5.74, 6) is -1.59. The average Bonchev–Trinajstić information content (AvgIpc) is 3.33. The fourth-order valence-corrected chi connectivity index (χ4v) is 3.67. The summed E-state index contributed by atoms with van der Waals surface area (Å²) in [5.41, 5.74) is 0.0379. The monoisotopic (exact) mass is 383 g/mol. The largest absolute Gasteiger partial charge is 0.462 e. The zero-order valence-electron chi connectivity index (χ0n) is 14.0. The topological polar surface area (TPSA) is 93.5 Å². The van der Waals surface area contributed by atoms with E-state index in [2.05, 4.69) is 20.4 Å². The van der Waals surface area contributed by atoms with Crippen molar-refractivity contribution in [3.8, 4) is 0 Å². The van der Waals surface area contributed by atoms with Gasteiger partial charge in [0.2, 0.25) is 0 Å². The molecule has 27 heavy (non-hydrogen) atoms. The Morgan fingerprint density at radius 2 is 2.19 bits per heavy atom. The number of fused-ring (bicyclic) bond motifs is 3. The third-order valence-corrected chi connectivity index (χ3v) is 4.90. The van der Waals surface area contributed by atoms with Gasteiger partial charge in [0.15, 0.2) is 12.2 Å². The van der Waals surface area contributed by atoms with E-state index in [1.807, 2.05) is 0 Å². The van der Waals surface area contributed by atoms with Gasteiger partial charge in [0.05, 0.1) is 6.20 Å². The van der Waals surface area contributed by atoms with Crippen molar-refractivity contribution in [1.82, 2.24) is 15.6 Å². The number of nitrogens with one attached hydrogen (secondary N) is 2. The number of alkyl halides is 3. The van der Waals surface area contributed by atoms with E-state index in [4.69, 9.17) is 4.42 Å². The summed E-state index contributed by atoms with van der Waals surface area (Å²) in [4.78, 5) is 28.4. The quantitative estimate of drug-likeness (QED) is 0.786. The van der Waals surface area contributed by atoms with Crippen molar-refractivity contribution in [1.29, 1.82) is 0 Å². The van der Waals surface area contributed by atoms with Crippen molar-refractivity contribution in [3.05, 3.63) is 29.8 Å². The molecular formula is C17H16F3N3O4. The molecular weight excluding hydrogens is 367 g/mol. The van der Waals surface area contributed by atoms with E-state index in [1.54, 1.807) is 0 Å². The predicted molar refractivity (Wildman–Crippen MR) is 86.2 cm³/mol. The highest BCUT2D eigenvalue weighted by Crippen LogP contribution is 2.29. The van der Waals surface area contributed by atoms with Gasteiger partial charge in [-0.05, 0) is 25.3 Å². The van der Waals surface area contributed by atoms with Crippen LogP contribution in [0.5, 0.6) is 0 Å². The molecule has 2 aliphatic heterocycles. The number of carbonyl (C=O) groups excluding carboxylic acids is 2. The molecule has 2 N–H and O–H groups in total. The van der Waals surface area contributed by atoms with Crippen LogP contribution in [-0.2, 0) is 4.74 Å². The first-order chi connectivity index (χ1) is 12.8. The maximum absolute atomic E-state index is 12.5. The van der Waals surface area contributed by atoms with Gasteiger partial charge in [-0.15, -0.1) is 0 Å². The first-order valence-electron chi connectivity index (χ1n) is 8.48. The third-order valence-electron chi connectivity index (χ3n) is 4.90. The Hall–Kier alpha value is -2.62. The molecule has 2 aromatic heterocycles. The van der Waals surface area contributed by atoms with Crippen molar-refractivity contribution >= 4 is 22.8 Å². The lowest BCUT2D eigenvalue weighted by atomic mass is 9.95. The third kappa shape index (κ3) is 3.61. The fraction of sp³-hybridized carbons (Fsp3) is 0.471. The lowest BCUT2D eigenvalue weighted by Gasteiger charge is -2.21. The summed E-state index contributed by atoms with van der Waals surface area (Å²) in [6.45, 7) is -1.70. The van der Waals surface area contributed by atoms with Gasteiger partial charge in [-0.1, -0.05) is 0 Å². The van der Waals surface area contributed by atoms with Crippen LogP contribution in [0.4, 0.5) is 13.2 Å². The van der Waals surface area contributed by atoms with Gasteiger partial charge in [-0.2, -0.15) is 13.2 Å². The Bertz CT molecular complexity index is 895. The lowest BCUT2D eigenvalue weighted by molar-refractivity contribution is -0.161. The van der Waals surface area contributed by atoms with Crippen LogP contribution in [0.2, 0.25) is 0 Å². The molecule has 7 nitrogen and oxygen atoms in total. The number of hydrogen-bond acceptors (Lipinski definition) is 6. The van der Waals surface area contributed by atoms with Gasteiger partial charge in [-0.3, -0.25) is 4.79 Å². The molecule has 4 rings (SSSR count). The van der Waals surface area contributed by atoms with Gasteiger partial charge >= 0.3 is 12.1 Å². The first kappa shape index (κ1) is 17.8. The van der Waals surface area contributed by atoms with Gasteiger partial charge in [0.1, 0.15) is 17.5 Å². The van der Waals surface area contributed by atoms with Crippen molar-refractivity contribution in [3.63, 3.8) is 0 Å². The second-order valence-corrected chi connectivity index (χ2v) is 6.77. The van der Waals surface area contributed by atoms with E-state index < -0.39 is 24.7 Å². The van der Waals surface area contributed by atoms with E-state index in [0.29, 0.717) is 6.04 Å². The Morgan fingerprint density at radius 3 is 2.85 bits per heavy atom. The van der Waals surface area contributed by atoms with Crippen LogP contribution in [-0.4, -0.2) is 47.8 Å². The summed E-state index contributed by atoms with van der Waals surface area (Å²) in [7, 11) is 0. The highest BCUT2D eigenvalue weighted by Gasteiger charge is 2.40. The molecule has 0 radical (unpaired) electrons. The number of nitrogens with zero attached hydrogens (tertiary/aromatic N) is 1. The van der Waals surface area contributed by atoms with Crippen LogP contribution < -0.4 is 10.6 Å². The maximum atomic E-state index is 12.5. The van der Waals surface area contributed by atoms with Crippen LogP contribution >= 0.6 is 0 Å². The van der Waals surface area contributed by atoms with Crippen molar-refractivity contribution < 1.29 is 31.9 Å². The smallest absolute Gasteiger partial charge is 0.422 e. The average molecular weight is 383 g/mol. The van der Waals surface area contributed by atoms with Gasteiger partial charge in [0, 0.05) is 23.5 Å². The molecule has 0 aromatic carbocycles. The number of pyridine rings is 1. The summed E-state index contributed by atoms with van der Waals surface area (Å²) in [6, 6.07) is 1.98. The Kier molecular flexibility index (Phi) is 4.29. The zero-order valence-corrected chi connectivity index (χ0v) is 14.0. The standard InChI is InChI=1S/C17H16F3N3O4/c18-17(19,20)7-27-16(25)10-6-26-14-5-21-13(4-9(10)14)15(24)23-12-3-8-1-2-11(12)22-8/h4-6,8,11-12,22H,1-3,7H2,(H,23,24)/t8-,11+,12-/m1/s1. The molecule has 3 atom stereocenters. The minimum absolute atomic E-state index is 0.00863. The molecule has 4 heterocycles. The summed E-state index contributed by atoms with van der Waals surface area (Å²) < 4.78 is 46.1. The SMILES string of the molecule is O=C(N[C@@H]1C[C@H]2CC[C@@H]1N2)c1cc2c(C(=O)OCC(F)(F)F)coc2cn1. The number of hydrogen-bond donors (Lipinski definition) is 2. The number of furan rings is 1. The minimum atomic E-state index is -4.63. The molecule has 2 aliphatic rings. The van der Waals surface area contributed by atoms with E-state index in [1.165, 1.54) is 12.3 Å². The van der Waals surface area contributed by atoms with Gasteiger partial charge in [-0.25, -0.2) is 9.78 Å². The van der Waals surface area contributed by atoms with Gasteiger partial charge < -0.3 is 19.8 Å². The van der Waals surface area contributed by atoms with Crippen molar-refractivity contribution in [2.45, 2.75) is 43.6 Å². The van der Waals surface area contributed by atoms with Gasteiger partial charge in [0.25, 0.3) is 5.91 Å². The molecule has 2 bridgehead atoms. The lowest BCUT2D eigenvalue weighted by Crippen LogP contribution is -2.43. The second kappa shape index (κ2) is 6.52. The number of halogens is 3. The molecule has 0 spiro atoms.